The highest BCUT2D eigenvalue weighted by molar-refractivity contribution is 4.85. The predicted molar refractivity (Wildman–Crippen MR) is 98.3 cm³/mol. The van der Waals surface area contributed by atoms with Crippen LogP contribution in [-0.4, -0.2) is 11.7 Å². The molecule has 23 heavy (non-hydrogen) atoms. The second kappa shape index (κ2) is 8.88. The summed E-state index contributed by atoms with van der Waals surface area (Å²) >= 11 is 0. The van der Waals surface area contributed by atoms with Crippen molar-refractivity contribution in [3.8, 4) is 0 Å². The van der Waals surface area contributed by atoms with Gasteiger partial charge in [-0.1, -0.05) is 32.6 Å². The van der Waals surface area contributed by atoms with E-state index < -0.39 is 0 Å². The molecule has 0 aromatic rings. The molecule has 0 heterocycles. The van der Waals surface area contributed by atoms with Crippen LogP contribution in [0, 0.1) is 35.5 Å². The Hall–Kier alpha value is -0.0400. The van der Waals surface area contributed by atoms with Crippen LogP contribution in [0.3, 0.4) is 0 Å². The van der Waals surface area contributed by atoms with Crippen LogP contribution in [0.2, 0.25) is 0 Å². The van der Waals surface area contributed by atoms with Crippen LogP contribution >= 0.6 is 0 Å². The van der Waals surface area contributed by atoms with E-state index in [4.69, 9.17) is 0 Å². The zero-order valence-corrected chi connectivity index (χ0v) is 15.5. The fourth-order valence-corrected chi connectivity index (χ4v) is 6.29. The zero-order chi connectivity index (χ0) is 16.1. The molecule has 0 unspecified atom stereocenters. The minimum Gasteiger partial charge on any atom is -0.396 e. The first-order chi connectivity index (χ1) is 11.3. The lowest BCUT2D eigenvalue weighted by Crippen LogP contribution is -2.30. The van der Waals surface area contributed by atoms with Gasteiger partial charge in [0.1, 0.15) is 0 Å². The summed E-state index contributed by atoms with van der Waals surface area (Å²) < 4.78 is 0. The van der Waals surface area contributed by atoms with Gasteiger partial charge in [0.05, 0.1) is 0 Å². The van der Waals surface area contributed by atoms with Crippen molar-refractivity contribution >= 4 is 0 Å². The molecule has 0 aliphatic heterocycles. The molecule has 3 fully saturated rings. The third-order valence-electron chi connectivity index (χ3n) is 7.89. The molecule has 0 spiro atoms. The van der Waals surface area contributed by atoms with Gasteiger partial charge >= 0.3 is 0 Å². The molecule has 3 aliphatic rings. The van der Waals surface area contributed by atoms with Crippen molar-refractivity contribution in [2.24, 2.45) is 35.5 Å². The summed E-state index contributed by atoms with van der Waals surface area (Å²) in [5, 5.41) is 9.32. The van der Waals surface area contributed by atoms with Gasteiger partial charge in [0.15, 0.2) is 0 Å². The Morgan fingerprint density at radius 1 is 0.565 bits per heavy atom. The highest BCUT2D eigenvalue weighted by Gasteiger charge is 2.34. The lowest BCUT2D eigenvalue weighted by Gasteiger charge is -2.41. The maximum atomic E-state index is 9.32. The normalized spacial score (nSPS) is 42.5. The largest absolute Gasteiger partial charge is 0.396 e. The van der Waals surface area contributed by atoms with Crippen molar-refractivity contribution in [1.29, 1.82) is 0 Å². The molecule has 1 N–H and O–H groups in total. The summed E-state index contributed by atoms with van der Waals surface area (Å²) in [6.07, 6.45) is 20.5. The van der Waals surface area contributed by atoms with Gasteiger partial charge in [0.2, 0.25) is 0 Å². The zero-order valence-electron chi connectivity index (χ0n) is 15.5. The van der Waals surface area contributed by atoms with Crippen LogP contribution in [0.15, 0.2) is 0 Å². The van der Waals surface area contributed by atoms with E-state index in [2.05, 4.69) is 6.92 Å². The quantitative estimate of drug-likeness (QED) is 0.639. The van der Waals surface area contributed by atoms with Crippen molar-refractivity contribution in [3.05, 3.63) is 0 Å². The average molecular weight is 321 g/mol. The van der Waals surface area contributed by atoms with Crippen molar-refractivity contribution in [2.45, 2.75) is 96.8 Å². The van der Waals surface area contributed by atoms with Crippen LogP contribution in [-0.2, 0) is 0 Å². The third-order valence-corrected chi connectivity index (χ3v) is 7.89. The molecular formula is C22H40O. The average Bonchev–Trinajstić information content (AvgIpc) is 2.63. The summed E-state index contributed by atoms with van der Waals surface area (Å²) in [7, 11) is 0. The van der Waals surface area contributed by atoms with Crippen LogP contribution in [0.1, 0.15) is 96.8 Å². The molecule has 0 bridgehead atoms. The van der Waals surface area contributed by atoms with E-state index in [1.54, 1.807) is 12.8 Å². The monoisotopic (exact) mass is 320 g/mol. The van der Waals surface area contributed by atoms with Crippen molar-refractivity contribution < 1.29 is 5.11 Å². The summed E-state index contributed by atoms with van der Waals surface area (Å²) in [5.41, 5.74) is 0. The van der Waals surface area contributed by atoms with E-state index in [-0.39, 0.29) is 0 Å². The summed E-state index contributed by atoms with van der Waals surface area (Å²) in [5.74, 6) is 5.87. The lowest BCUT2D eigenvalue weighted by atomic mass is 9.65. The molecule has 1 nitrogen and oxygen atoms in total. The van der Waals surface area contributed by atoms with Gasteiger partial charge in [-0.05, 0) is 99.7 Å². The molecule has 0 atom stereocenters. The van der Waals surface area contributed by atoms with Gasteiger partial charge < -0.3 is 5.11 Å². The van der Waals surface area contributed by atoms with Gasteiger partial charge in [-0.2, -0.15) is 0 Å². The van der Waals surface area contributed by atoms with E-state index in [1.807, 2.05) is 0 Å². The Balaban J connectivity index is 1.37. The van der Waals surface area contributed by atoms with Crippen molar-refractivity contribution in [2.75, 3.05) is 6.61 Å². The molecule has 3 aliphatic carbocycles. The van der Waals surface area contributed by atoms with Crippen LogP contribution in [0.25, 0.3) is 0 Å². The Morgan fingerprint density at radius 2 is 0.913 bits per heavy atom. The molecule has 1 heteroatoms. The molecule has 0 radical (unpaired) electrons. The number of aliphatic hydroxyl groups excluding tert-OH is 1. The lowest BCUT2D eigenvalue weighted by molar-refractivity contribution is 0.0922. The van der Waals surface area contributed by atoms with Crippen LogP contribution in [0.5, 0.6) is 0 Å². The number of aliphatic hydroxyl groups is 1. The van der Waals surface area contributed by atoms with Gasteiger partial charge in [0, 0.05) is 6.61 Å². The molecule has 0 aromatic carbocycles. The molecule has 0 aromatic heterocycles. The predicted octanol–water partition coefficient (Wildman–Crippen LogP) is 6.20. The highest BCUT2D eigenvalue weighted by Crippen LogP contribution is 2.46. The smallest absolute Gasteiger partial charge is 0.0459 e. The van der Waals surface area contributed by atoms with E-state index in [1.165, 1.54) is 77.0 Å². The van der Waals surface area contributed by atoms with Crippen molar-refractivity contribution in [3.63, 3.8) is 0 Å². The van der Waals surface area contributed by atoms with Crippen LogP contribution < -0.4 is 0 Å². The summed E-state index contributed by atoms with van der Waals surface area (Å²) in [6.45, 7) is 2.78. The van der Waals surface area contributed by atoms with Crippen LogP contribution in [0.4, 0.5) is 0 Å². The Morgan fingerprint density at radius 3 is 1.26 bits per heavy atom. The minimum atomic E-state index is 0.431. The molecule has 3 rings (SSSR count). The number of rotatable bonds is 5. The molecule has 0 saturated heterocycles. The van der Waals surface area contributed by atoms with E-state index in [9.17, 15) is 5.11 Å². The fraction of sp³-hybridized carbons (Fsp3) is 1.00. The standard InChI is InChI=1S/C22H40O/c1-2-3-17-4-8-19(9-5-17)21-12-14-22(15-13-21)20-10-6-18(16-23)7-11-20/h17-23H,2-16H2,1H3. The number of hydrogen-bond acceptors (Lipinski definition) is 1. The Kier molecular flexibility index (Phi) is 6.86. The fourth-order valence-electron chi connectivity index (χ4n) is 6.29. The van der Waals surface area contributed by atoms with E-state index in [0.717, 1.165) is 29.6 Å². The van der Waals surface area contributed by atoms with Gasteiger partial charge in [-0.25, -0.2) is 0 Å². The van der Waals surface area contributed by atoms with Gasteiger partial charge in [0.25, 0.3) is 0 Å². The first kappa shape index (κ1) is 17.8. The third kappa shape index (κ3) is 4.74. The summed E-state index contributed by atoms with van der Waals surface area (Å²) in [6, 6.07) is 0. The minimum absolute atomic E-state index is 0.431. The van der Waals surface area contributed by atoms with E-state index in [0.29, 0.717) is 12.5 Å². The molecular weight excluding hydrogens is 280 g/mol. The topological polar surface area (TPSA) is 20.2 Å². The second-order valence-electron chi connectivity index (χ2n) is 9.21. The molecule has 3 saturated carbocycles. The maximum absolute atomic E-state index is 9.32. The second-order valence-corrected chi connectivity index (χ2v) is 9.21. The first-order valence-electron chi connectivity index (χ1n) is 10.9. The summed E-state index contributed by atoms with van der Waals surface area (Å²) in [4.78, 5) is 0. The van der Waals surface area contributed by atoms with Gasteiger partial charge in [-0.15, -0.1) is 0 Å². The van der Waals surface area contributed by atoms with Crippen molar-refractivity contribution in [1.82, 2.24) is 0 Å². The molecule has 0 amide bonds. The molecule has 134 valence electrons. The number of hydrogen-bond donors (Lipinski definition) is 1. The Labute approximate surface area is 144 Å². The SMILES string of the molecule is CCCC1CCC(C2CCC(C3CCC(CO)CC3)CC2)CC1. The Bertz CT molecular complexity index is 315. The van der Waals surface area contributed by atoms with Gasteiger partial charge in [-0.3, -0.25) is 0 Å². The highest BCUT2D eigenvalue weighted by atomic mass is 16.3. The first-order valence-corrected chi connectivity index (χ1v) is 10.9. The maximum Gasteiger partial charge on any atom is 0.0459 e. The van der Waals surface area contributed by atoms with E-state index >= 15 is 0 Å².